The summed E-state index contributed by atoms with van der Waals surface area (Å²) >= 11 is 0. The minimum absolute atomic E-state index is 0.284. The Kier molecular flexibility index (Phi) is 12.4. The highest BCUT2D eigenvalue weighted by Crippen LogP contribution is 2.23. The molecule has 0 saturated carbocycles. The van der Waals surface area contributed by atoms with Gasteiger partial charge in [0.2, 0.25) is 0 Å². The zero-order valence-electron chi connectivity index (χ0n) is 18.5. The van der Waals surface area contributed by atoms with E-state index in [4.69, 9.17) is 9.47 Å². The smallest absolute Gasteiger partial charge is 0.338 e. The fourth-order valence-electron chi connectivity index (χ4n) is 3.27. The van der Waals surface area contributed by atoms with Gasteiger partial charge in [-0.3, -0.25) is 0 Å². The van der Waals surface area contributed by atoms with Crippen LogP contribution in [0.4, 0.5) is 0 Å². The molecule has 0 spiro atoms. The van der Waals surface area contributed by atoms with Crippen molar-refractivity contribution in [2.24, 2.45) is 11.8 Å². The van der Waals surface area contributed by atoms with Gasteiger partial charge in [-0.1, -0.05) is 91.0 Å². The number of esters is 1. The van der Waals surface area contributed by atoms with E-state index in [9.17, 15) is 4.79 Å². The Morgan fingerprint density at radius 2 is 1.36 bits per heavy atom. The Hall–Kier alpha value is -1.77. The first-order valence-corrected chi connectivity index (χ1v) is 11.1. The van der Waals surface area contributed by atoms with E-state index in [1.54, 1.807) is 6.07 Å². The zero-order valence-corrected chi connectivity index (χ0v) is 18.5. The summed E-state index contributed by atoms with van der Waals surface area (Å²) < 4.78 is 11.6. The fourth-order valence-corrected chi connectivity index (χ4v) is 3.27. The molecule has 0 N–H and O–H groups in total. The van der Waals surface area contributed by atoms with Gasteiger partial charge in [-0.05, 0) is 30.7 Å². The van der Waals surface area contributed by atoms with E-state index in [1.807, 2.05) is 18.2 Å². The van der Waals surface area contributed by atoms with Crippen molar-refractivity contribution in [1.82, 2.24) is 0 Å². The van der Waals surface area contributed by atoms with Crippen LogP contribution in [0.25, 0.3) is 5.76 Å². The molecule has 0 aliphatic heterocycles. The molecular weight excluding hydrogens is 348 g/mol. The van der Waals surface area contributed by atoms with E-state index in [0.717, 1.165) is 24.8 Å². The van der Waals surface area contributed by atoms with Crippen LogP contribution in [0.1, 0.15) is 95.0 Å². The van der Waals surface area contributed by atoms with E-state index in [0.29, 0.717) is 36.4 Å². The maximum Gasteiger partial charge on any atom is 0.338 e. The summed E-state index contributed by atoms with van der Waals surface area (Å²) in [7, 11) is 0. The van der Waals surface area contributed by atoms with Gasteiger partial charge in [-0.15, -0.1) is 0 Å². The highest BCUT2D eigenvalue weighted by atomic mass is 16.5. The molecule has 0 aliphatic rings. The minimum atomic E-state index is -0.284. The van der Waals surface area contributed by atoms with Gasteiger partial charge >= 0.3 is 5.97 Å². The number of carbonyl (C=O) groups is 1. The molecule has 158 valence electrons. The van der Waals surface area contributed by atoms with Gasteiger partial charge < -0.3 is 9.47 Å². The average molecular weight is 389 g/mol. The molecule has 0 bridgehead atoms. The van der Waals surface area contributed by atoms with Gasteiger partial charge in [0.05, 0.1) is 18.8 Å². The van der Waals surface area contributed by atoms with Gasteiger partial charge in [-0.2, -0.15) is 0 Å². The summed E-state index contributed by atoms with van der Waals surface area (Å²) in [5, 5.41) is 0. The number of rotatable bonds is 15. The molecule has 3 heteroatoms. The van der Waals surface area contributed by atoms with Crippen LogP contribution in [0.5, 0.6) is 0 Å². The number of unbranched alkanes of at least 4 members (excludes halogenated alkanes) is 2. The van der Waals surface area contributed by atoms with Gasteiger partial charge in [0.15, 0.2) is 0 Å². The van der Waals surface area contributed by atoms with Crippen LogP contribution in [-0.4, -0.2) is 19.2 Å². The third-order valence-corrected chi connectivity index (χ3v) is 5.48. The normalized spacial score (nSPS) is 13.0. The van der Waals surface area contributed by atoms with Crippen molar-refractivity contribution < 1.29 is 14.3 Å². The summed E-state index contributed by atoms with van der Waals surface area (Å²) in [5.41, 5.74) is 1.28. The van der Waals surface area contributed by atoms with Crippen LogP contribution < -0.4 is 0 Å². The molecule has 1 aromatic rings. The average Bonchev–Trinajstić information content (AvgIpc) is 2.73. The topological polar surface area (TPSA) is 35.5 Å². The first-order valence-electron chi connectivity index (χ1n) is 11.1. The van der Waals surface area contributed by atoms with Crippen LogP contribution in [0.15, 0.2) is 30.8 Å². The van der Waals surface area contributed by atoms with Crippen molar-refractivity contribution in [3.63, 3.8) is 0 Å². The SMILES string of the molecule is C=C(OCC(CC)CCCC)c1ccccc1C(=O)OCC(CC)CCCC. The predicted molar refractivity (Wildman–Crippen MR) is 118 cm³/mol. The summed E-state index contributed by atoms with van der Waals surface area (Å²) in [6.07, 6.45) is 9.15. The lowest BCUT2D eigenvalue weighted by Gasteiger charge is -2.19. The lowest BCUT2D eigenvalue weighted by atomic mass is 10.00. The first-order chi connectivity index (χ1) is 13.6. The van der Waals surface area contributed by atoms with Gasteiger partial charge in [0.25, 0.3) is 0 Å². The second kappa shape index (κ2) is 14.3. The van der Waals surface area contributed by atoms with E-state index in [1.165, 1.54) is 32.1 Å². The lowest BCUT2D eigenvalue weighted by Crippen LogP contribution is -2.16. The molecule has 2 unspecified atom stereocenters. The van der Waals surface area contributed by atoms with Crippen molar-refractivity contribution >= 4 is 11.7 Å². The van der Waals surface area contributed by atoms with Crippen LogP contribution in [0.2, 0.25) is 0 Å². The Morgan fingerprint density at radius 3 is 1.86 bits per heavy atom. The molecule has 0 saturated heterocycles. The summed E-state index contributed by atoms with van der Waals surface area (Å²) in [5.74, 6) is 1.23. The van der Waals surface area contributed by atoms with Crippen LogP contribution in [0, 0.1) is 11.8 Å². The third kappa shape index (κ3) is 8.50. The molecule has 0 heterocycles. The van der Waals surface area contributed by atoms with Crippen molar-refractivity contribution in [2.75, 3.05) is 13.2 Å². The summed E-state index contributed by atoms with van der Waals surface area (Å²) in [6, 6.07) is 7.46. The molecule has 0 radical (unpaired) electrons. The Morgan fingerprint density at radius 1 is 0.857 bits per heavy atom. The second-order valence-electron chi connectivity index (χ2n) is 7.71. The first kappa shape index (κ1) is 24.3. The number of ether oxygens (including phenoxy) is 2. The fraction of sp³-hybridized carbons (Fsp3) is 0.640. The largest absolute Gasteiger partial charge is 0.493 e. The minimum Gasteiger partial charge on any atom is -0.493 e. The van der Waals surface area contributed by atoms with Crippen molar-refractivity contribution in [1.29, 1.82) is 0 Å². The Labute approximate surface area is 172 Å². The van der Waals surface area contributed by atoms with Crippen LogP contribution in [-0.2, 0) is 9.47 Å². The van der Waals surface area contributed by atoms with E-state index < -0.39 is 0 Å². The predicted octanol–water partition coefficient (Wildman–Crippen LogP) is 7.26. The number of carbonyl (C=O) groups excluding carboxylic acids is 1. The number of hydrogen-bond donors (Lipinski definition) is 0. The molecule has 0 fully saturated rings. The highest BCUT2D eigenvalue weighted by molar-refractivity contribution is 5.94. The standard InChI is InChI=1S/C25H40O3/c1-6-10-14-21(8-3)18-27-20(5)23-16-12-13-17-24(23)25(26)28-19-22(9-4)15-11-7-2/h12-13,16-17,21-22H,5-11,14-15,18-19H2,1-4H3. The van der Waals surface area contributed by atoms with E-state index >= 15 is 0 Å². The van der Waals surface area contributed by atoms with Crippen molar-refractivity contribution in [2.45, 2.75) is 79.1 Å². The summed E-state index contributed by atoms with van der Waals surface area (Å²) in [4.78, 5) is 12.7. The zero-order chi connectivity index (χ0) is 20.8. The molecule has 0 aromatic heterocycles. The Balaban J connectivity index is 2.69. The molecular formula is C25H40O3. The van der Waals surface area contributed by atoms with Gasteiger partial charge in [0.1, 0.15) is 5.76 Å². The second-order valence-corrected chi connectivity index (χ2v) is 7.71. The quantitative estimate of drug-likeness (QED) is 0.234. The molecule has 3 nitrogen and oxygen atoms in total. The Bertz CT molecular complexity index is 528. The van der Waals surface area contributed by atoms with Crippen LogP contribution >= 0.6 is 0 Å². The molecule has 28 heavy (non-hydrogen) atoms. The molecule has 1 rings (SSSR count). The summed E-state index contributed by atoms with van der Waals surface area (Å²) in [6.45, 7) is 13.9. The van der Waals surface area contributed by atoms with Crippen LogP contribution in [0.3, 0.4) is 0 Å². The van der Waals surface area contributed by atoms with Crippen molar-refractivity contribution in [3.8, 4) is 0 Å². The molecule has 0 aliphatic carbocycles. The lowest BCUT2D eigenvalue weighted by molar-refractivity contribution is 0.0427. The number of hydrogen-bond acceptors (Lipinski definition) is 3. The molecule has 1 aromatic carbocycles. The highest BCUT2D eigenvalue weighted by Gasteiger charge is 2.18. The monoisotopic (exact) mass is 388 g/mol. The maximum atomic E-state index is 12.7. The van der Waals surface area contributed by atoms with Gasteiger partial charge in [-0.25, -0.2) is 4.79 Å². The van der Waals surface area contributed by atoms with E-state index in [-0.39, 0.29) is 5.97 Å². The number of benzene rings is 1. The third-order valence-electron chi connectivity index (χ3n) is 5.48. The van der Waals surface area contributed by atoms with E-state index in [2.05, 4.69) is 34.3 Å². The van der Waals surface area contributed by atoms with Gasteiger partial charge in [0, 0.05) is 5.56 Å². The molecule has 0 amide bonds. The van der Waals surface area contributed by atoms with Crippen molar-refractivity contribution in [3.05, 3.63) is 42.0 Å². The molecule has 2 atom stereocenters. The maximum absolute atomic E-state index is 12.7.